The van der Waals surface area contributed by atoms with E-state index in [2.05, 4.69) is 5.32 Å². The summed E-state index contributed by atoms with van der Waals surface area (Å²) in [5.74, 6) is 0.553. The minimum absolute atomic E-state index is 0.0472. The third kappa shape index (κ3) is 7.68. The number of benzene rings is 2. The number of amides is 1. The van der Waals surface area contributed by atoms with Gasteiger partial charge in [0, 0.05) is 47.2 Å². The Kier molecular flexibility index (Phi) is 9.64. The molecule has 0 spiro atoms. The van der Waals surface area contributed by atoms with E-state index in [-0.39, 0.29) is 31.3 Å². The number of rotatable bonds is 12. The van der Waals surface area contributed by atoms with Crippen LogP contribution in [0.2, 0.25) is 10.0 Å². The van der Waals surface area contributed by atoms with Crippen LogP contribution in [0.5, 0.6) is 5.75 Å². The Morgan fingerprint density at radius 1 is 1.15 bits per heavy atom. The van der Waals surface area contributed by atoms with Gasteiger partial charge in [0.1, 0.15) is 11.4 Å². The van der Waals surface area contributed by atoms with E-state index in [1.165, 1.54) is 0 Å². The van der Waals surface area contributed by atoms with E-state index in [1.54, 1.807) is 63.2 Å². The lowest BCUT2D eigenvalue weighted by molar-refractivity contribution is -0.155. The van der Waals surface area contributed by atoms with Gasteiger partial charge in [0.05, 0.1) is 6.61 Å². The number of hydrogen-bond donors (Lipinski definition) is 2. The molecule has 1 aliphatic carbocycles. The van der Waals surface area contributed by atoms with Crippen molar-refractivity contribution in [1.29, 1.82) is 0 Å². The minimum Gasteiger partial charge on any atom is -0.494 e. The highest BCUT2D eigenvalue weighted by molar-refractivity contribution is 6.35. The maximum Gasteiger partial charge on any atom is 0.306 e. The van der Waals surface area contributed by atoms with Crippen molar-refractivity contribution in [2.45, 2.75) is 70.1 Å². The number of aliphatic hydroxyl groups excluding tert-OH is 1. The Bertz CT molecular complexity index is 1240. The topological polar surface area (TPSA) is 106 Å². The first-order valence-electron chi connectivity index (χ1n) is 13.6. The first-order valence-corrected chi connectivity index (χ1v) is 14.3. The summed E-state index contributed by atoms with van der Waals surface area (Å²) in [6, 6.07) is 12.1. The Morgan fingerprint density at radius 3 is 2.50 bits per heavy atom. The van der Waals surface area contributed by atoms with Gasteiger partial charge >= 0.3 is 5.97 Å². The van der Waals surface area contributed by atoms with E-state index < -0.39 is 23.2 Å². The third-order valence-electron chi connectivity index (χ3n) is 6.65. The van der Waals surface area contributed by atoms with Crippen molar-refractivity contribution < 1.29 is 28.9 Å². The molecule has 40 heavy (non-hydrogen) atoms. The van der Waals surface area contributed by atoms with Crippen LogP contribution in [-0.2, 0) is 19.1 Å². The summed E-state index contributed by atoms with van der Waals surface area (Å²) in [5.41, 5.74) is -0.966. The first-order chi connectivity index (χ1) is 19.0. The van der Waals surface area contributed by atoms with E-state index >= 15 is 0 Å². The Labute approximate surface area is 245 Å². The fourth-order valence-corrected chi connectivity index (χ4v) is 4.97. The summed E-state index contributed by atoms with van der Waals surface area (Å²) in [6.45, 7) is 6.35. The van der Waals surface area contributed by atoms with Crippen molar-refractivity contribution in [2.24, 2.45) is 10.9 Å². The van der Waals surface area contributed by atoms with E-state index in [9.17, 15) is 9.59 Å². The van der Waals surface area contributed by atoms with Crippen molar-refractivity contribution in [3.05, 3.63) is 63.6 Å². The lowest BCUT2D eigenvalue weighted by atomic mass is 9.83. The molecule has 1 fully saturated rings. The summed E-state index contributed by atoms with van der Waals surface area (Å²) in [7, 11) is 0. The molecule has 1 amide bonds. The summed E-state index contributed by atoms with van der Waals surface area (Å²) in [5, 5.41) is 12.8. The molecule has 2 N–H and O–H groups in total. The molecule has 0 unspecified atom stereocenters. The zero-order valence-electron chi connectivity index (χ0n) is 23.0. The fourth-order valence-electron chi connectivity index (χ4n) is 4.46. The van der Waals surface area contributed by atoms with Gasteiger partial charge in [-0.15, -0.1) is 0 Å². The van der Waals surface area contributed by atoms with Crippen molar-refractivity contribution in [3.8, 4) is 5.75 Å². The second-order valence-corrected chi connectivity index (χ2v) is 12.0. The molecule has 1 saturated carbocycles. The van der Waals surface area contributed by atoms with Crippen LogP contribution in [0, 0.1) is 5.92 Å². The SMILES string of the molecule is CC(C)(C)OC(=O)CC[C@@]1(C(=O)NCC2CC2)N=C(c2ccc(OCCCO)cc2)O[C@@H]1c1ccc(Cl)cc1Cl. The van der Waals surface area contributed by atoms with E-state index in [0.717, 1.165) is 12.8 Å². The third-order valence-corrected chi connectivity index (χ3v) is 7.22. The molecule has 0 aromatic heterocycles. The zero-order valence-corrected chi connectivity index (χ0v) is 24.6. The molecule has 0 saturated heterocycles. The van der Waals surface area contributed by atoms with Crippen LogP contribution in [0.4, 0.5) is 0 Å². The van der Waals surface area contributed by atoms with Gasteiger partial charge in [0.25, 0.3) is 5.91 Å². The molecular weight excluding hydrogens is 555 g/mol. The highest BCUT2D eigenvalue weighted by atomic mass is 35.5. The van der Waals surface area contributed by atoms with Gasteiger partial charge in [0.15, 0.2) is 11.6 Å². The molecule has 216 valence electrons. The van der Waals surface area contributed by atoms with Crippen LogP contribution >= 0.6 is 23.2 Å². The van der Waals surface area contributed by atoms with Gasteiger partial charge in [-0.3, -0.25) is 9.59 Å². The fraction of sp³-hybridized carbons (Fsp3) is 0.500. The molecule has 0 bridgehead atoms. The molecule has 10 heteroatoms. The van der Waals surface area contributed by atoms with Gasteiger partial charge in [0.2, 0.25) is 5.90 Å². The van der Waals surface area contributed by atoms with Crippen molar-refractivity contribution in [3.63, 3.8) is 0 Å². The molecule has 0 radical (unpaired) electrons. The number of ether oxygens (including phenoxy) is 3. The quantitative estimate of drug-likeness (QED) is 0.244. The molecule has 2 aliphatic rings. The highest BCUT2D eigenvalue weighted by Gasteiger charge is 2.54. The minimum atomic E-state index is -1.48. The van der Waals surface area contributed by atoms with E-state index in [4.69, 9.17) is 47.5 Å². The normalized spacial score (nSPS) is 20.4. The predicted molar refractivity (Wildman–Crippen MR) is 154 cm³/mol. The summed E-state index contributed by atoms with van der Waals surface area (Å²) in [6.07, 6.45) is 1.75. The van der Waals surface area contributed by atoms with E-state index in [1.807, 2.05) is 0 Å². The van der Waals surface area contributed by atoms with Gasteiger partial charge in [-0.25, -0.2) is 4.99 Å². The molecule has 2 atom stereocenters. The number of hydrogen-bond acceptors (Lipinski definition) is 7. The molecule has 4 rings (SSSR count). The molecule has 2 aromatic rings. The number of aliphatic hydroxyl groups is 1. The second-order valence-electron chi connectivity index (χ2n) is 11.2. The van der Waals surface area contributed by atoms with Crippen molar-refractivity contribution >= 4 is 41.0 Å². The molecule has 8 nitrogen and oxygen atoms in total. The van der Waals surface area contributed by atoms with Crippen LogP contribution in [0.15, 0.2) is 47.5 Å². The Hall–Kier alpha value is -2.81. The second kappa shape index (κ2) is 12.8. The van der Waals surface area contributed by atoms with Crippen LogP contribution in [0.3, 0.4) is 0 Å². The number of esters is 1. The van der Waals surface area contributed by atoms with Gasteiger partial charge in [-0.2, -0.15) is 0 Å². The van der Waals surface area contributed by atoms with Crippen molar-refractivity contribution in [1.82, 2.24) is 5.32 Å². The van der Waals surface area contributed by atoms with Gasteiger partial charge in [-0.05, 0) is 82.3 Å². The number of carbonyl (C=O) groups excluding carboxylic acids is 2. The van der Waals surface area contributed by atoms with Gasteiger partial charge < -0.3 is 24.6 Å². The maximum absolute atomic E-state index is 14.0. The van der Waals surface area contributed by atoms with Crippen LogP contribution < -0.4 is 10.1 Å². The number of aliphatic imine (C=N–C) groups is 1. The number of carbonyl (C=O) groups is 2. The lowest BCUT2D eigenvalue weighted by Gasteiger charge is -2.31. The summed E-state index contributed by atoms with van der Waals surface area (Å²) < 4.78 is 17.6. The molecule has 1 heterocycles. The predicted octanol–water partition coefficient (Wildman–Crippen LogP) is 5.66. The monoisotopic (exact) mass is 590 g/mol. The summed E-state index contributed by atoms with van der Waals surface area (Å²) >= 11 is 12.8. The smallest absolute Gasteiger partial charge is 0.306 e. The number of halogens is 2. The average Bonchev–Trinajstić information content (AvgIpc) is 3.65. The van der Waals surface area contributed by atoms with Crippen LogP contribution in [0.1, 0.15) is 70.1 Å². The van der Waals surface area contributed by atoms with Crippen LogP contribution in [0.25, 0.3) is 0 Å². The lowest BCUT2D eigenvalue weighted by Crippen LogP contribution is -2.49. The Balaban J connectivity index is 1.71. The van der Waals surface area contributed by atoms with Crippen molar-refractivity contribution in [2.75, 3.05) is 19.8 Å². The molecular formula is C30H36Cl2N2O6. The highest BCUT2D eigenvalue weighted by Crippen LogP contribution is 2.46. The van der Waals surface area contributed by atoms with Gasteiger partial charge in [-0.1, -0.05) is 29.3 Å². The zero-order chi connectivity index (χ0) is 28.9. The molecule has 1 aliphatic heterocycles. The van der Waals surface area contributed by atoms with Crippen LogP contribution in [-0.4, -0.2) is 53.8 Å². The largest absolute Gasteiger partial charge is 0.494 e. The number of nitrogens with zero attached hydrogens (tertiary/aromatic N) is 1. The molecule has 2 aromatic carbocycles. The number of nitrogens with one attached hydrogen (secondary N) is 1. The van der Waals surface area contributed by atoms with E-state index in [0.29, 0.717) is 52.4 Å². The average molecular weight is 592 g/mol. The Morgan fingerprint density at radius 2 is 1.88 bits per heavy atom. The summed E-state index contributed by atoms with van der Waals surface area (Å²) in [4.78, 5) is 31.7. The first kappa shape index (κ1) is 30.2. The maximum atomic E-state index is 14.0. The standard InChI is InChI=1S/C30H36Cl2N2O6/c1-29(2,3)40-25(36)13-14-30(28(37)33-18-19-5-6-19)26(23-12-9-21(31)17-24(23)32)39-27(34-30)20-7-10-22(11-8-20)38-16-4-15-35/h7-12,17,19,26,35H,4-6,13-16,18H2,1-3H3,(H,33,37)/t26-,30-/m1/s1.